The molecular formula is C18H24N4O2. The van der Waals surface area contributed by atoms with Gasteiger partial charge in [-0.2, -0.15) is 5.10 Å². The molecule has 2 rings (SSSR count). The standard InChI is InChI=1S/C18H24N4O2/c1-4-14(19-17(23)10-12(2)3)18(24)20-16-11-15(21-22-16)13-8-6-5-7-9-13/h5-9,11-12,14H,4,10H2,1-3H3,(H,19,23)(H2,20,21,22,24). The zero-order valence-corrected chi connectivity index (χ0v) is 14.3. The lowest BCUT2D eigenvalue weighted by molar-refractivity contribution is -0.127. The highest BCUT2D eigenvalue weighted by atomic mass is 16.2. The molecule has 2 amide bonds. The molecule has 0 bridgehead atoms. The van der Waals surface area contributed by atoms with Crippen LogP contribution in [0, 0.1) is 5.92 Å². The van der Waals surface area contributed by atoms with Crippen molar-refractivity contribution >= 4 is 17.6 Å². The lowest BCUT2D eigenvalue weighted by Crippen LogP contribution is -2.43. The second kappa shape index (κ2) is 8.29. The van der Waals surface area contributed by atoms with E-state index in [1.807, 2.05) is 51.1 Å². The summed E-state index contributed by atoms with van der Waals surface area (Å²) in [6.07, 6.45) is 0.932. The van der Waals surface area contributed by atoms with Gasteiger partial charge in [-0.15, -0.1) is 0 Å². The van der Waals surface area contributed by atoms with Crippen molar-refractivity contribution in [1.29, 1.82) is 0 Å². The van der Waals surface area contributed by atoms with Gasteiger partial charge in [0.05, 0.1) is 5.69 Å². The number of hydrogen-bond donors (Lipinski definition) is 3. The third-order valence-electron chi connectivity index (χ3n) is 3.56. The first-order chi connectivity index (χ1) is 11.5. The highest BCUT2D eigenvalue weighted by Gasteiger charge is 2.20. The molecule has 3 N–H and O–H groups in total. The third-order valence-corrected chi connectivity index (χ3v) is 3.56. The monoisotopic (exact) mass is 328 g/mol. The van der Waals surface area contributed by atoms with Crippen LogP contribution >= 0.6 is 0 Å². The zero-order chi connectivity index (χ0) is 17.5. The van der Waals surface area contributed by atoms with Crippen molar-refractivity contribution in [3.63, 3.8) is 0 Å². The number of anilines is 1. The van der Waals surface area contributed by atoms with E-state index < -0.39 is 6.04 Å². The summed E-state index contributed by atoms with van der Waals surface area (Å²) in [5, 5.41) is 12.5. The number of rotatable bonds is 7. The van der Waals surface area contributed by atoms with Crippen LogP contribution in [0.3, 0.4) is 0 Å². The fourth-order valence-electron chi connectivity index (χ4n) is 2.34. The van der Waals surface area contributed by atoms with E-state index in [1.54, 1.807) is 6.07 Å². The molecule has 0 spiro atoms. The minimum Gasteiger partial charge on any atom is -0.344 e. The zero-order valence-electron chi connectivity index (χ0n) is 14.3. The smallest absolute Gasteiger partial charge is 0.248 e. The van der Waals surface area contributed by atoms with E-state index in [4.69, 9.17) is 0 Å². The molecule has 0 radical (unpaired) electrons. The Labute approximate surface area is 142 Å². The first-order valence-electron chi connectivity index (χ1n) is 8.20. The number of aromatic nitrogens is 2. The van der Waals surface area contributed by atoms with E-state index in [0.717, 1.165) is 11.3 Å². The van der Waals surface area contributed by atoms with Crippen LogP contribution in [-0.2, 0) is 9.59 Å². The maximum atomic E-state index is 12.3. The Hall–Kier alpha value is -2.63. The molecule has 6 heteroatoms. The molecule has 0 aliphatic carbocycles. The molecule has 1 atom stereocenters. The lowest BCUT2D eigenvalue weighted by Gasteiger charge is -2.16. The molecule has 6 nitrogen and oxygen atoms in total. The molecular weight excluding hydrogens is 304 g/mol. The van der Waals surface area contributed by atoms with Gasteiger partial charge in [-0.1, -0.05) is 51.1 Å². The Morgan fingerprint density at radius 1 is 1.21 bits per heavy atom. The van der Waals surface area contributed by atoms with Gasteiger partial charge in [-0.3, -0.25) is 14.7 Å². The predicted octanol–water partition coefficient (Wildman–Crippen LogP) is 2.96. The van der Waals surface area contributed by atoms with E-state index in [2.05, 4.69) is 20.8 Å². The Morgan fingerprint density at radius 2 is 1.92 bits per heavy atom. The van der Waals surface area contributed by atoms with Gasteiger partial charge in [0.15, 0.2) is 0 Å². The molecule has 0 saturated heterocycles. The summed E-state index contributed by atoms with van der Waals surface area (Å²) in [6, 6.07) is 10.9. The van der Waals surface area contributed by atoms with E-state index in [1.165, 1.54) is 0 Å². The predicted molar refractivity (Wildman–Crippen MR) is 94.3 cm³/mol. The molecule has 1 unspecified atom stereocenters. The second-order valence-corrected chi connectivity index (χ2v) is 6.15. The quantitative estimate of drug-likeness (QED) is 0.730. The number of carbonyl (C=O) groups is 2. The van der Waals surface area contributed by atoms with Gasteiger partial charge < -0.3 is 10.6 Å². The average Bonchev–Trinajstić information content (AvgIpc) is 3.01. The molecule has 1 aromatic heterocycles. The van der Waals surface area contributed by atoms with Gasteiger partial charge in [0, 0.05) is 18.1 Å². The van der Waals surface area contributed by atoms with Gasteiger partial charge in [0.1, 0.15) is 11.9 Å². The number of hydrogen-bond acceptors (Lipinski definition) is 3. The van der Waals surface area contributed by atoms with Crippen LogP contribution in [0.1, 0.15) is 33.6 Å². The largest absolute Gasteiger partial charge is 0.344 e. The summed E-state index contributed by atoms with van der Waals surface area (Å²) >= 11 is 0. The first-order valence-corrected chi connectivity index (χ1v) is 8.20. The van der Waals surface area contributed by atoms with Crippen molar-refractivity contribution in [2.45, 2.75) is 39.7 Å². The van der Waals surface area contributed by atoms with E-state index in [-0.39, 0.29) is 17.7 Å². The highest BCUT2D eigenvalue weighted by Crippen LogP contribution is 2.19. The SMILES string of the molecule is CCC(NC(=O)CC(C)C)C(=O)Nc1cc(-c2ccccc2)n[nH]1. The molecule has 2 aromatic rings. The topological polar surface area (TPSA) is 86.9 Å². The van der Waals surface area contributed by atoms with Crippen molar-refractivity contribution in [2.75, 3.05) is 5.32 Å². The van der Waals surface area contributed by atoms with Gasteiger partial charge in [-0.05, 0) is 12.3 Å². The molecule has 0 aliphatic heterocycles. The molecule has 0 saturated carbocycles. The van der Waals surface area contributed by atoms with Crippen LogP contribution in [0.5, 0.6) is 0 Å². The van der Waals surface area contributed by atoms with Gasteiger partial charge in [-0.25, -0.2) is 0 Å². The summed E-state index contributed by atoms with van der Waals surface area (Å²) in [7, 11) is 0. The maximum absolute atomic E-state index is 12.3. The molecule has 128 valence electrons. The molecule has 24 heavy (non-hydrogen) atoms. The number of nitrogens with zero attached hydrogens (tertiary/aromatic N) is 1. The lowest BCUT2D eigenvalue weighted by atomic mass is 10.1. The number of aromatic amines is 1. The van der Waals surface area contributed by atoms with Crippen LogP contribution < -0.4 is 10.6 Å². The fourth-order valence-corrected chi connectivity index (χ4v) is 2.34. The maximum Gasteiger partial charge on any atom is 0.248 e. The average molecular weight is 328 g/mol. The van der Waals surface area contributed by atoms with Crippen LogP contribution in [0.25, 0.3) is 11.3 Å². The summed E-state index contributed by atoms with van der Waals surface area (Å²) in [5.74, 6) is 0.404. The Morgan fingerprint density at radius 3 is 2.54 bits per heavy atom. The van der Waals surface area contributed by atoms with Crippen LogP contribution in [0.15, 0.2) is 36.4 Å². The van der Waals surface area contributed by atoms with Gasteiger partial charge in [0.2, 0.25) is 11.8 Å². The number of H-pyrrole nitrogens is 1. The van der Waals surface area contributed by atoms with E-state index in [9.17, 15) is 9.59 Å². The molecule has 1 heterocycles. The minimum atomic E-state index is -0.556. The number of nitrogens with one attached hydrogen (secondary N) is 3. The second-order valence-electron chi connectivity index (χ2n) is 6.15. The Bertz CT molecular complexity index is 679. The molecule has 1 aromatic carbocycles. The van der Waals surface area contributed by atoms with Crippen molar-refractivity contribution in [2.24, 2.45) is 5.92 Å². The first kappa shape index (κ1) is 17.7. The van der Waals surface area contributed by atoms with Crippen molar-refractivity contribution in [3.8, 4) is 11.3 Å². The van der Waals surface area contributed by atoms with Crippen LogP contribution in [-0.4, -0.2) is 28.1 Å². The highest BCUT2D eigenvalue weighted by molar-refractivity contribution is 5.96. The van der Waals surface area contributed by atoms with E-state index >= 15 is 0 Å². The summed E-state index contributed by atoms with van der Waals surface area (Å²) in [4.78, 5) is 24.2. The fraction of sp³-hybridized carbons (Fsp3) is 0.389. The number of benzene rings is 1. The van der Waals surface area contributed by atoms with Gasteiger partial charge >= 0.3 is 0 Å². The van der Waals surface area contributed by atoms with Gasteiger partial charge in [0.25, 0.3) is 0 Å². The Balaban J connectivity index is 1.98. The summed E-state index contributed by atoms with van der Waals surface area (Å²) in [5.41, 5.74) is 1.72. The Kier molecular flexibility index (Phi) is 6.12. The molecule has 0 fully saturated rings. The van der Waals surface area contributed by atoms with Crippen LogP contribution in [0.4, 0.5) is 5.82 Å². The van der Waals surface area contributed by atoms with Crippen molar-refractivity contribution in [1.82, 2.24) is 15.5 Å². The number of carbonyl (C=O) groups excluding carboxylic acids is 2. The van der Waals surface area contributed by atoms with E-state index in [0.29, 0.717) is 18.7 Å². The van der Waals surface area contributed by atoms with Crippen LogP contribution in [0.2, 0.25) is 0 Å². The minimum absolute atomic E-state index is 0.110. The summed E-state index contributed by atoms with van der Waals surface area (Å²) in [6.45, 7) is 5.80. The normalized spacial score (nSPS) is 12.0. The number of amides is 2. The van der Waals surface area contributed by atoms with Crippen molar-refractivity contribution < 1.29 is 9.59 Å². The summed E-state index contributed by atoms with van der Waals surface area (Å²) < 4.78 is 0. The molecule has 0 aliphatic rings. The van der Waals surface area contributed by atoms with Crippen molar-refractivity contribution in [3.05, 3.63) is 36.4 Å². The third kappa shape index (κ3) is 4.94.